The molecule has 0 aromatic heterocycles. The zero-order chi connectivity index (χ0) is 14.9. The second-order valence-electron chi connectivity index (χ2n) is 3.93. The van der Waals surface area contributed by atoms with Gasteiger partial charge in [0.1, 0.15) is 0 Å². The number of aliphatic hydroxyl groups is 1. The molecular formula is C12H25O6P. The fourth-order valence-corrected chi connectivity index (χ4v) is 3.98. The molecule has 0 bridgehead atoms. The maximum atomic E-state index is 12.6. The van der Waals surface area contributed by atoms with Crippen LogP contribution in [0.5, 0.6) is 0 Å². The topological polar surface area (TPSA) is 82.1 Å². The minimum absolute atomic E-state index is 0.155. The summed E-state index contributed by atoms with van der Waals surface area (Å²) in [6.45, 7) is 7.41. The highest BCUT2D eigenvalue weighted by Gasteiger charge is 2.43. The number of esters is 1. The fourth-order valence-electron chi connectivity index (χ4n) is 1.76. The Morgan fingerprint density at radius 1 is 1.11 bits per heavy atom. The van der Waals surface area contributed by atoms with Crippen molar-refractivity contribution in [2.75, 3.05) is 19.8 Å². The van der Waals surface area contributed by atoms with Crippen LogP contribution < -0.4 is 0 Å². The van der Waals surface area contributed by atoms with Crippen LogP contribution in [0.2, 0.25) is 0 Å². The van der Waals surface area contributed by atoms with Gasteiger partial charge in [-0.25, -0.2) is 4.79 Å². The lowest BCUT2D eigenvalue weighted by Crippen LogP contribution is -2.36. The summed E-state index contributed by atoms with van der Waals surface area (Å²) < 4.78 is 27.8. The lowest BCUT2D eigenvalue weighted by atomic mass is 10.1. The predicted molar refractivity (Wildman–Crippen MR) is 72.2 cm³/mol. The van der Waals surface area contributed by atoms with Crippen LogP contribution in [0, 0.1) is 0 Å². The van der Waals surface area contributed by atoms with Gasteiger partial charge in [-0.05, 0) is 27.2 Å². The molecule has 19 heavy (non-hydrogen) atoms. The van der Waals surface area contributed by atoms with E-state index in [1.54, 1.807) is 20.8 Å². The number of ether oxygens (including phenoxy) is 1. The van der Waals surface area contributed by atoms with E-state index in [-0.39, 0.29) is 19.8 Å². The van der Waals surface area contributed by atoms with Crippen LogP contribution in [0.3, 0.4) is 0 Å². The Hall–Kier alpha value is -0.420. The highest BCUT2D eigenvalue weighted by atomic mass is 31.2. The second-order valence-corrected chi connectivity index (χ2v) is 6.19. The van der Waals surface area contributed by atoms with Gasteiger partial charge >= 0.3 is 13.6 Å². The summed E-state index contributed by atoms with van der Waals surface area (Å²) in [6, 6.07) is 0. The maximum Gasteiger partial charge on any atom is 0.336 e. The number of aliphatic hydroxyl groups excluding tert-OH is 1. The molecule has 0 unspecified atom stereocenters. The van der Waals surface area contributed by atoms with Gasteiger partial charge in [0, 0.05) is 0 Å². The molecule has 0 amide bonds. The Morgan fingerprint density at radius 3 is 2.00 bits per heavy atom. The third-order valence-electron chi connectivity index (χ3n) is 2.50. The monoisotopic (exact) mass is 296 g/mol. The molecule has 0 aromatic rings. The molecule has 0 aliphatic heterocycles. The van der Waals surface area contributed by atoms with E-state index in [4.69, 9.17) is 13.8 Å². The average molecular weight is 296 g/mol. The minimum Gasteiger partial charge on any atom is -0.464 e. The summed E-state index contributed by atoms with van der Waals surface area (Å²) in [5, 5.41) is 10.0. The van der Waals surface area contributed by atoms with Crippen molar-refractivity contribution in [3.05, 3.63) is 0 Å². The normalized spacial score (nSPS) is 15.0. The first-order chi connectivity index (χ1) is 8.96. The molecule has 0 saturated carbocycles. The van der Waals surface area contributed by atoms with Crippen LogP contribution in [0.15, 0.2) is 0 Å². The summed E-state index contributed by atoms with van der Waals surface area (Å²) in [7, 11) is -3.53. The lowest BCUT2D eigenvalue weighted by Gasteiger charge is -2.28. The van der Waals surface area contributed by atoms with Crippen LogP contribution >= 0.6 is 7.60 Å². The van der Waals surface area contributed by atoms with Crippen molar-refractivity contribution in [3.8, 4) is 0 Å². The number of rotatable bonds is 10. The van der Waals surface area contributed by atoms with E-state index >= 15 is 0 Å². The molecule has 2 atom stereocenters. The van der Waals surface area contributed by atoms with Crippen molar-refractivity contribution in [3.63, 3.8) is 0 Å². The third kappa shape index (κ3) is 5.61. The SMILES string of the molecule is CCC[C@H]([C@@H](O)C(=O)OCC)P(=O)(OCC)OCC. The van der Waals surface area contributed by atoms with Gasteiger partial charge in [0.05, 0.1) is 25.5 Å². The van der Waals surface area contributed by atoms with Crippen molar-refractivity contribution in [2.45, 2.75) is 52.3 Å². The first kappa shape index (κ1) is 18.6. The smallest absolute Gasteiger partial charge is 0.336 e. The van der Waals surface area contributed by atoms with E-state index in [1.165, 1.54) is 0 Å². The van der Waals surface area contributed by atoms with E-state index in [0.29, 0.717) is 12.8 Å². The largest absolute Gasteiger partial charge is 0.464 e. The zero-order valence-electron chi connectivity index (χ0n) is 12.1. The predicted octanol–water partition coefficient (Wildman–Crippen LogP) is 2.35. The first-order valence-corrected chi connectivity index (χ1v) is 8.31. The average Bonchev–Trinajstić information content (AvgIpc) is 2.36. The molecule has 0 spiro atoms. The van der Waals surface area contributed by atoms with Crippen molar-refractivity contribution in [1.82, 2.24) is 0 Å². The van der Waals surface area contributed by atoms with E-state index in [2.05, 4.69) is 0 Å². The van der Waals surface area contributed by atoms with Crippen molar-refractivity contribution in [2.24, 2.45) is 0 Å². The molecule has 0 aromatic carbocycles. The quantitative estimate of drug-likeness (QED) is 0.492. The minimum atomic E-state index is -3.53. The molecule has 7 heteroatoms. The van der Waals surface area contributed by atoms with Crippen molar-refractivity contribution < 1.29 is 28.3 Å². The van der Waals surface area contributed by atoms with Crippen molar-refractivity contribution in [1.29, 1.82) is 0 Å². The summed E-state index contributed by atoms with van der Waals surface area (Å²) in [6.07, 6.45) is -0.494. The lowest BCUT2D eigenvalue weighted by molar-refractivity contribution is -0.153. The number of hydrogen-bond acceptors (Lipinski definition) is 6. The molecule has 0 aliphatic rings. The molecule has 6 nitrogen and oxygen atoms in total. The van der Waals surface area contributed by atoms with Crippen LogP contribution in [-0.2, 0) is 23.1 Å². The summed E-state index contributed by atoms with van der Waals surface area (Å²) >= 11 is 0. The number of hydrogen-bond donors (Lipinski definition) is 1. The Balaban J connectivity index is 5.12. The highest BCUT2D eigenvalue weighted by Crippen LogP contribution is 2.55. The first-order valence-electron chi connectivity index (χ1n) is 6.70. The second kappa shape index (κ2) is 9.48. The standard InChI is InChI=1S/C12H25O6P/c1-5-9-10(11(13)12(14)16-6-2)19(15,17-7-3)18-8-4/h10-11,13H,5-9H2,1-4H3/t10-,11-/m1/s1. The molecule has 0 heterocycles. The van der Waals surface area contributed by atoms with Gasteiger partial charge in [0.25, 0.3) is 0 Å². The Bertz CT molecular complexity index is 297. The van der Waals surface area contributed by atoms with Gasteiger partial charge in [-0.3, -0.25) is 4.57 Å². The van der Waals surface area contributed by atoms with Crippen LogP contribution in [0.4, 0.5) is 0 Å². The molecule has 114 valence electrons. The van der Waals surface area contributed by atoms with Crippen LogP contribution in [0.25, 0.3) is 0 Å². The molecule has 0 radical (unpaired) electrons. The number of carbonyl (C=O) groups excluding carboxylic acids is 1. The van der Waals surface area contributed by atoms with Gasteiger partial charge in [-0.15, -0.1) is 0 Å². The molecular weight excluding hydrogens is 271 g/mol. The molecule has 1 N–H and O–H groups in total. The van der Waals surface area contributed by atoms with E-state index in [0.717, 1.165) is 0 Å². The van der Waals surface area contributed by atoms with Gasteiger partial charge in [0.15, 0.2) is 6.10 Å². The summed E-state index contributed by atoms with van der Waals surface area (Å²) in [4.78, 5) is 11.6. The maximum absolute atomic E-state index is 12.6. The summed E-state index contributed by atoms with van der Waals surface area (Å²) in [5.74, 6) is -0.791. The van der Waals surface area contributed by atoms with E-state index in [9.17, 15) is 14.5 Å². The number of carbonyl (C=O) groups is 1. The highest BCUT2D eigenvalue weighted by molar-refractivity contribution is 7.54. The van der Waals surface area contributed by atoms with Crippen molar-refractivity contribution >= 4 is 13.6 Å². The fraction of sp³-hybridized carbons (Fsp3) is 0.917. The Labute approximate surface area is 115 Å². The van der Waals surface area contributed by atoms with Gasteiger partial charge < -0.3 is 18.9 Å². The molecule has 0 fully saturated rings. The zero-order valence-corrected chi connectivity index (χ0v) is 13.0. The van der Waals surface area contributed by atoms with Gasteiger partial charge in [-0.1, -0.05) is 13.3 Å². The molecule has 0 aliphatic carbocycles. The third-order valence-corrected chi connectivity index (χ3v) is 5.09. The van der Waals surface area contributed by atoms with Gasteiger partial charge in [0.2, 0.25) is 0 Å². The Kier molecular flexibility index (Phi) is 9.27. The summed E-state index contributed by atoms with van der Waals surface area (Å²) in [5.41, 5.74) is -0.892. The van der Waals surface area contributed by atoms with Crippen LogP contribution in [0.1, 0.15) is 40.5 Å². The molecule has 0 rings (SSSR count). The van der Waals surface area contributed by atoms with E-state index < -0.39 is 25.3 Å². The van der Waals surface area contributed by atoms with Crippen LogP contribution in [-0.4, -0.2) is 42.7 Å². The Morgan fingerprint density at radius 2 is 1.63 bits per heavy atom. The molecule has 0 saturated heterocycles. The van der Waals surface area contributed by atoms with Gasteiger partial charge in [-0.2, -0.15) is 0 Å². The van der Waals surface area contributed by atoms with E-state index in [1.807, 2.05) is 6.92 Å².